The van der Waals surface area contributed by atoms with Gasteiger partial charge in [-0.05, 0) is 58.5 Å². The Hall–Kier alpha value is -6.65. The summed E-state index contributed by atoms with van der Waals surface area (Å²) in [6.07, 6.45) is 0. The number of aromatic nitrogens is 3. The first-order chi connectivity index (χ1) is 24.7. The van der Waals surface area contributed by atoms with E-state index in [0.717, 1.165) is 49.8 Å². The van der Waals surface area contributed by atoms with Crippen molar-refractivity contribution in [1.29, 1.82) is 0 Å². The Balaban J connectivity index is 1.16. The van der Waals surface area contributed by atoms with Crippen LogP contribution >= 0.6 is 0 Å². The van der Waals surface area contributed by atoms with Crippen LogP contribution in [0, 0.1) is 6.92 Å². The Labute approximate surface area is 290 Å². The molecule has 0 saturated carbocycles. The van der Waals surface area contributed by atoms with E-state index in [2.05, 4.69) is 140 Å². The first-order valence-corrected chi connectivity index (χ1v) is 16.8. The number of benzene rings is 7. The predicted molar refractivity (Wildman–Crippen MR) is 204 cm³/mol. The summed E-state index contributed by atoms with van der Waals surface area (Å²) in [5.41, 5.74) is 12.6. The van der Waals surface area contributed by atoms with Gasteiger partial charge < -0.3 is 4.42 Å². The molecule has 0 N–H and O–H groups in total. The van der Waals surface area contributed by atoms with Gasteiger partial charge in [0.1, 0.15) is 11.2 Å². The van der Waals surface area contributed by atoms with Crippen LogP contribution in [-0.4, -0.2) is 15.0 Å². The van der Waals surface area contributed by atoms with E-state index in [0.29, 0.717) is 17.5 Å². The Bertz CT molecular complexity index is 2640. The maximum absolute atomic E-state index is 6.54. The van der Waals surface area contributed by atoms with E-state index in [1.54, 1.807) is 0 Å². The third-order valence-electron chi connectivity index (χ3n) is 9.22. The molecule has 0 aliphatic heterocycles. The van der Waals surface area contributed by atoms with E-state index >= 15 is 0 Å². The number of aryl methyl sites for hydroxylation is 1. The molecule has 50 heavy (non-hydrogen) atoms. The zero-order chi connectivity index (χ0) is 33.4. The summed E-state index contributed by atoms with van der Waals surface area (Å²) in [5.74, 6) is 1.83. The van der Waals surface area contributed by atoms with Crippen molar-refractivity contribution in [2.75, 3.05) is 0 Å². The first-order valence-electron chi connectivity index (χ1n) is 16.8. The minimum absolute atomic E-state index is 0.591. The second-order valence-corrected chi connectivity index (χ2v) is 12.5. The molecule has 7 aromatic carbocycles. The minimum atomic E-state index is 0.591. The number of hydrogen-bond acceptors (Lipinski definition) is 4. The highest BCUT2D eigenvalue weighted by Crippen LogP contribution is 2.41. The van der Waals surface area contributed by atoms with E-state index in [1.807, 2.05) is 36.4 Å². The molecule has 0 unspecified atom stereocenters. The summed E-state index contributed by atoms with van der Waals surface area (Å²) >= 11 is 0. The van der Waals surface area contributed by atoms with Crippen molar-refractivity contribution >= 4 is 21.9 Å². The molecule has 0 aliphatic carbocycles. The smallest absolute Gasteiger partial charge is 0.164 e. The Kier molecular flexibility index (Phi) is 7.33. The van der Waals surface area contributed by atoms with Gasteiger partial charge in [-0.2, -0.15) is 0 Å². The van der Waals surface area contributed by atoms with Crippen molar-refractivity contribution in [2.24, 2.45) is 0 Å². The molecule has 0 fully saturated rings. The fourth-order valence-electron chi connectivity index (χ4n) is 6.76. The largest absolute Gasteiger partial charge is 0.456 e. The number of rotatable bonds is 6. The SMILES string of the molecule is Cc1cccc(-c2ccc(-c3nc(-c4ccccc4)nc(-c4ccc5c(c4)oc4cccc(-c6ccccc6-c6ccccc6)c45)n3)cc2)c1. The molecule has 0 aliphatic rings. The summed E-state index contributed by atoms with van der Waals surface area (Å²) in [6.45, 7) is 2.11. The molecular formula is C46H31N3O. The fourth-order valence-corrected chi connectivity index (χ4v) is 6.76. The lowest BCUT2D eigenvalue weighted by Gasteiger charge is -2.11. The van der Waals surface area contributed by atoms with Crippen molar-refractivity contribution in [3.05, 3.63) is 175 Å². The summed E-state index contributed by atoms with van der Waals surface area (Å²) in [5, 5.41) is 2.14. The molecule has 0 bridgehead atoms. The molecule has 0 radical (unpaired) electrons. The summed E-state index contributed by atoms with van der Waals surface area (Å²) in [6, 6.07) is 58.7. The molecule has 0 spiro atoms. The number of nitrogens with zero attached hydrogens (tertiary/aromatic N) is 3. The lowest BCUT2D eigenvalue weighted by atomic mass is 9.92. The highest BCUT2D eigenvalue weighted by atomic mass is 16.3. The van der Waals surface area contributed by atoms with Crippen LogP contribution in [0.2, 0.25) is 0 Å². The monoisotopic (exact) mass is 641 g/mol. The fraction of sp³-hybridized carbons (Fsp3) is 0.0217. The van der Waals surface area contributed by atoms with Crippen LogP contribution in [0.5, 0.6) is 0 Å². The quantitative estimate of drug-likeness (QED) is 0.181. The zero-order valence-electron chi connectivity index (χ0n) is 27.4. The van der Waals surface area contributed by atoms with Gasteiger partial charge in [0.05, 0.1) is 0 Å². The zero-order valence-corrected chi connectivity index (χ0v) is 27.4. The molecular weight excluding hydrogens is 611 g/mol. The maximum atomic E-state index is 6.54. The van der Waals surface area contributed by atoms with Crippen LogP contribution in [0.15, 0.2) is 174 Å². The van der Waals surface area contributed by atoms with E-state index in [9.17, 15) is 0 Å². The average molecular weight is 642 g/mol. The van der Waals surface area contributed by atoms with E-state index in [4.69, 9.17) is 19.4 Å². The van der Waals surface area contributed by atoms with Crippen LogP contribution in [-0.2, 0) is 0 Å². The summed E-state index contributed by atoms with van der Waals surface area (Å²) < 4.78 is 6.54. The van der Waals surface area contributed by atoms with E-state index < -0.39 is 0 Å². The second-order valence-electron chi connectivity index (χ2n) is 12.5. The maximum Gasteiger partial charge on any atom is 0.164 e. The number of hydrogen-bond donors (Lipinski definition) is 0. The highest BCUT2D eigenvalue weighted by molar-refractivity contribution is 6.14. The van der Waals surface area contributed by atoms with Crippen LogP contribution in [0.4, 0.5) is 0 Å². The lowest BCUT2D eigenvalue weighted by molar-refractivity contribution is 0.669. The Morgan fingerprint density at radius 1 is 0.360 bits per heavy atom. The van der Waals surface area contributed by atoms with Gasteiger partial charge in [0.2, 0.25) is 0 Å². The molecule has 2 aromatic heterocycles. The first kappa shape index (κ1) is 29.5. The van der Waals surface area contributed by atoms with Crippen molar-refractivity contribution in [3.8, 4) is 67.5 Å². The van der Waals surface area contributed by atoms with Crippen molar-refractivity contribution in [1.82, 2.24) is 15.0 Å². The van der Waals surface area contributed by atoms with Gasteiger partial charge in [-0.25, -0.2) is 15.0 Å². The Morgan fingerprint density at radius 2 is 0.900 bits per heavy atom. The number of fused-ring (bicyclic) bond motifs is 3. The highest BCUT2D eigenvalue weighted by Gasteiger charge is 2.18. The van der Waals surface area contributed by atoms with E-state index in [-0.39, 0.29) is 0 Å². The van der Waals surface area contributed by atoms with Gasteiger partial charge in [-0.3, -0.25) is 0 Å². The standard InChI is InChI=1S/C46H31N3O/c1-30-12-10-17-35(28-30)31-22-24-34(25-23-31)45-47-44(33-15-6-3-7-16-33)48-46(49-45)36-26-27-40-42(29-36)50-41-21-11-20-39(43(40)41)38-19-9-8-18-37(38)32-13-4-2-5-14-32/h2-29H,1H3. The van der Waals surface area contributed by atoms with Crippen molar-refractivity contribution < 1.29 is 4.42 Å². The second kappa shape index (κ2) is 12.4. The summed E-state index contributed by atoms with van der Waals surface area (Å²) in [7, 11) is 0. The van der Waals surface area contributed by atoms with Gasteiger partial charge in [-0.15, -0.1) is 0 Å². The molecule has 236 valence electrons. The third kappa shape index (κ3) is 5.43. The van der Waals surface area contributed by atoms with Crippen molar-refractivity contribution in [2.45, 2.75) is 6.92 Å². The van der Waals surface area contributed by atoms with Gasteiger partial charge in [-0.1, -0.05) is 157 Å². The molecule has 2 heterocycles. The summed E-state index contributed by atoms with van der Waals surface area (Å²) in [4.78, 5) is 15.0. The molecule has 9 aromatic rings. The molecule has 0 amide bonds. The normalized spacial score (nSPS) is 11.3. The van der Waals surface area contributed by atoms with Gasteiger partial charge in [0, 0.05) is 27.5 Å². The van der Waals surface area contributed by atoms with Crippen LogP contribution in [0.25, 0.3) is 89.5 Å². The Morgan fingerprint density at radius 3 is 1.62 bits per heavy atom. The van der Waals surface area contributed by atoms with Crippen LogP contribution < -0.4 is 0 Å². The van der Waals surface area contributed by atoms with Crippen LogP contribution in [0.3, 0.4) is 0 Å². The molecule has 9 rings (SSSR count). The minimum Gasteiger partial charge on any atom is -0.456 e. The third-order valence-corrected chi connectivity index (χ3v) is 9.22. The average Bonchev–Trinajstić information content (AvgIpc) is 3.57. The van der Waals surface area contributed by atoms with Crippen LogP contribution in [0.1, 0.15) is 5.56 Å². The van der Waals surface area contributed by atoms with Crippen molar-refractivity contribution in [3.63, 3.8) is 0 Å². The predicted octanol–water partition coefficient (Wildman–Crippen LogP) is 12.1. The number of furan rings is 1. The van der Waals surface area contributed by atoms with Gasteiger partial charge >= 0.3 is 0 Å². The lowest BCUT2D eigenvalue weighted by Crippen LogP contribution is -2.00. The topological polar surface area (TPSA) is 51.8 Å². The molecule has 0 saturated heterocycles. The molecule has 4 nitrogen and oxygen atoms in total. The van der Waals surface area contributed by atoms with E-state index in [1.165, 1.54) is 27.8 Å². The molecule has 4 heteroatoms. The van der Waals surface area contributed by atoms with Gasteiger partial charge in [0.15, 0.2) is 17.5 Å². The van der Waals surface area contributed by atoms with Gasteiger partial charge in [0.25, 0.3) is 0 Å². The molecule has 0 atom stereocenters.